The molecule has 0 radical (unpaired) electrons. The van der Waals surface area contributed by atoms with E-state index in [0.29, 0.717) is 16.7 Å². The molecule has 0 saturated carbocycles. The minimum absolute atomic E-state index is 0.361. The Balaban J connectivity index is 2.33. The number of nitrogens with two attached hydrogens (primary N) is 2. The summed E-state index contributed by atoms with van der Waals surface area (Å²) in [4.78, 5) is 13.8. The van der Waals surface area contributed by atoms with E-state index in [1.54, 1.807) is 12.1 Å². The average Bonchev–Trinajstić information content (AvgIpc) is 2.83. The van der Waals surface area contributed by atoms with Crippen LogP contribution in [-0.2, 0) is 0 Å². The summed E-state index contributed by atoms with van der Waals surface area (Å²) >= 11 is 0. The van der Waals surface area contributed by atoms with Crippen molar-refractivity contribution in [1.29, 1.82) is 0 Å². The van der Waals surface area contributed by atoms with Crippen LogP contribution in [0.1, 0.15) is 43.5 Å². The second-order valence-electron chi connectivity index (χ2n) is 5.52. The van der Waals surface area contributed by atoms with Gasteiger partial charge in [-0.3, -0.25) is 4.79 Å². The number of nitrogens with zero attached hydrogens (tertiary/aromatic N) is 1. The highest BCUT2D eigenvalue weighted by molar-refractivity contribution is 5.99. The van der Waals surface area contributed by atoms with Gasteiger partial charge in [-0.2, -0.15) is 0 Å². The third-order valence-electron chi connectivity index (χ3n) is 4.57. The lowest BCUT2D eigenvalue weighted by Crippen LogP contribution is -2.28. The Morgan fingerprint density at radius 2 is 2.05 bits per heavy atom. The topological polar surface area (TPSA) is 72.3 Å². The third-order valence-corrected chi connectivity index (χ3v) is 4.57. The first-order chi connectivity index (χ1) is 9.01. The minimum atomic E-state index is -0.388. The zero-order valence-electron chi connectivity index (χ0n) is 11.8. The Morgan fingerprint density at radius 3 is 2.58 bits per heavy atom. The van der Waals surface area contributed by atoms with Gasteiger partial charge in [0.1, 0.15) is 0 Å². The van der Waals surface area contributed by atoms with Gasteiger partial charge in [0, 0.05) is 18.8 Å². The van der Waals surface area contributed by atoms with E-state index in [2.05, 4.69) is 18.7 Å². The van der Waals surface area contributed by atoms with Gasteiger partial charge < -0.3 is 16.4 Å². The van der Waals surface area contributed by atoms with Crippen LogP contribution >= 0.6 is 0 Å². The SMILES string of the molecule is CCC1(CC)CCN(c2cc(N)ccc2C(N)=O)C1. The fraction of sp³-hybridized carbons (Fsp3) is 0.533. The van der Waals surface area contributed by atoms with Crippen LogP contribution in [0.3, 0.4) is 0 Å². The lowest BCUT2D eigenvalue weighted by Gasteiger charge is -2.28. The van der Waals surface area contributed by atoms with Crippen molar-refractivity contribution in [2.45, 2.75) is 33.1 Å². The van der Waals surface area contributed by atoms with Crippen LogP contribution in [0.5, 0.6) is 0 Å². The fourth-order valence-corrected chi connectivity index (χ4v) is 2.99. The summed E-state index contributed by atoms with van der Waals surface area (Å²) < 4.78 is 0. The average molecular weight is 261 g/mol. The Hall–Kier alpha value is -1.71. The molecule has 104 valence electrons. The van der Waals surface area contributed by atoms with Crippen LogP contribution < -0.4 is 16.4 Å². The number of rotatable bonds is 4. The van der Waals surface area contributed by atoms with Crippen molar-refractivity contribution in [3.63, 3.8) is 0 Å². The highest BCUT2D eigenvalue weighted by atomic mass is 16.1. The van der Waals surface area contributed by atoms with E-state index >= 15 is 0 Å². The highest BCUT2D eigenvalue weighted by Gasteiger charge is 2.35. The molecular formula is C15H23N3O. The molecule has 0 unspecified atom stereocenters. The highest BCUT2D eigenvalue weighted by Crippen LogP contribution is 2.40. The first-order valence-electron chi connectivity index (χ1n) is 6.95. The van der Waals surface area contributed by atoms with E-state index in [-0.39, 0.29) is 5.91 Å². The quantitative estimate of drug-likeness (QED) is 0.817. The van der Waals surface area contributed by atoms with Crippen molar-refractivity contribution in [3.8, 4) is 0 Å². The normalized spacial score (nSPS) is 17.7. The first-order valence-corrected chi connectivity index (χ1v) is 6.95. The van der Waals surface area contributed by atoms with Crippen molar-refractivity contribution in [2.75, 3.05) is 23.7 Å². The summed E-state index contributed by atoms with van der Waals surface area (Å²) in [6.45, 7) is 6.41. The number of amides is 1. The number of hydrogen-bond donors (Lipinski definition) is 2. The molecule has 1 saturated heterocycles. The van der Waals surface area contributed by atoms with Gasteiger partial charge in [0.25, 0.3) is 5.91 Å². The van der Waals surface area contributed by atoms with E-state index in [4.69, 9.17) is 11.5 Å². The Morgan fingerprint density at radius 1 is 1.37 bits per heavy atom. The molecule has 1 aromatic rings. The first kappa shape index (κ1) is 13.7. The molecule has 0 aromatic heterocycles. The van der Waals surface area contributed by atoms with Gasteiger partial charge in [0.05, 0.1) is 11.3 Å². The van der Waals surface area contributed by atoms with E-state index in [1.165, 1.54) is 0 Å². The summed E-state index contributed by atoms with van der Waals surface area (Å²) in [5, 5.41) is 0. The molecule has 1 heterocycles. The van der Waals surface area contributed by atoms with Crippen molar-refractivity contribution in [3.05, 3.63) is 23.8 Å². The number of primary amides is 1. The molecule has 0 atom stereocenters. The molecular weight excluding hydrogens is 238 g/mol. The molecule has 4 N–H and O–H groups in total. The van der Waals surface area contributed by atoms with Crippen molar-refractivity contribution in [2.24, 2.45) is 11.1 Å². The van der Waals surface area contributed by atoms with E-state index in [1.807, 2.05) is 6.07 Å². The summed E-state index contributed by atoms with van der Waals surface area (Å²) in [5.41, 5.74) is 13.8. The molecule has 2 rings (SSSR count). The molecule has 1 aliphatic rings. The zero-order chi connectivity index (χ0) is 14.0. The van der Waals surface area contributed by atoms with Gasteiger partial charge in [-0.25, -0.2) is 0 Å². The molecule has 1 amide bonds. The molecule has 0 bridgehead atoms. The van der Waals surface area contributed by atoms with Gasteiger partial charge >= 0.3 is 0 Å². The lowest BCUT2D eigenvalue weighted by atomic mass is 9.82. The van der Waals surface area contributed by atoms with Crippen LogP contribution in [0.2, 0.25) is 0 Å². The molecule has 1 fully saturated rings. The number of carbonyl (C=O) groups excluding carboxylic acids is 1. The lowest BCUT2D eigenvalue weighted by molar-refractivity contribution is 0.100. The monoisotopic (exact) mass is 261 g/mol. The van der Waals surface area contributed by atoms with Gasteiger partial charge in [0.2, 0.25) is 0 Å². The maximum atomic E-state index is 11.5. The standard InChI is InChI=1S/C15H23N3O/c1-3-15(4-2)7-8-18(10-15)13-9-11(16)5-6-12(13)14(17)19/h5-6,9H,3-4,7-8,10,16H2,1-2H3,(H2,17,19). The second-order valence-corrected chi connectivity index (χ2v) is 5.52. The second kappa shape index (κ2) is 5.11. The molecule has 0 aliphatic carbocycles. The Labute approximate surface area is 114 Å². The zero-order valence-corrected chi connectivity index (χ0v) is 11.8. The predicted molar refractivity (Wildman–Crippen MR) is 79.2 cm³/mol. The van der Waals surface area contributed by atoms with Gasteiger partial charge in [0.15, 0.2) is 0 Å². The maximum absolute atomic E-state index is 11.5. The molecule has 19 heavy (non-hydrogen) atoms. The van der Waals surface area contributed by atoms with Crippen LogP contribution in [0, 0.1) is 5.41 Å². The Bertz CT molecular complexity index is 480. The summed E-state index contributed by atoms with van der Waals surface area (Å²) in [5.74, 6) is -0.388. The van der Waals surface area contributed by atoms with Crippen LogP contribution in [0.15, 0.2) is 18.2 Å². The van der Waals surface area contributed by atoms with Gasteiger partial charge in [-0.15, -0.1) is 0 Å². The smallest absolute Gasteiger partial charge is 0.250 e. The molecule has 4 heteroatoms. The largest absolute Gasteiger partial charge is 0.399 e. The predicted octanol–water partition coefficient (Wildman–Crippen LogP) is 2.38. The third kappa shape index (κ3) is 2.53. The van der Waals surface area contributed by atoms with Crippen LogP contribution in [-0.4, -0.2) is 19.0 Å². The summed E-state index contributed by atoms with van der Waals surface area (Å²) in [6, 6.07) is 5.32. The minimum Gasteiger partial charge on any atom is -0.399 e. The van der Waals surface area contributed by atoms with Gasteiger partial charge in [-0.1, -0.05) is 13.8 Å². The number of hydrogen-bond acceptors (Lipinski definition) is 3. The Kier molecular flexibility index (Phi) is 3.69. The maximum Gasteiger partial charge on any atom is 0.250 e. The van der Waals surface area contributed by atoms with Crippen molar-refractivity contribution < 1.29 is 4.79 Å². The van der Waals surface area contributed by atoms with E-state index < -0.39 is 0 Å². The van der Waals surface area contributed by atoms with Crippen molar-refractivity contribution >= 4 is 17.3 Å². The van der Waals surface area contributed by atoms with Crippen molar-refractivity contribution in [1.82, 2.24) is 0 Å². The number of nitrogen functional groups attached to an aromatic ring is 1. The van der Waals surface area contributed by atoms with E-state index in [9.17, 15) is 4.79 Å². The number of anilines is 2. The summed E-state index contributed by atoms with van der Waals surface area (Å²) in [6.07, 6.45) is 3.48. The number of benzene rings is 1. The summed E-state index contributed by atoms with van der Waals surface area (Å²) in [7, 11) is 0. The van der Waals surface area contributed by atoms with Gasteiger partial charge in [-0.05, 0) is 42.9 Å². The molecule has 1 aliphatic heterocycles. The van der Waals surface area contributed by atoms with Crippen LogP contribution in [0.4, 0.5) is 11.4 Å². The van der Waals surface area contributed by atoms with E-state index in [0.717, 1.165) is 38.0 Å². The fourth-order valence-electron chi connectivity index (χ4n) is 2.99. The molecule has 4 nitrogen and oxygen atoms in total. The van der Waals surface area contributed by atoms with Crippen LogP contribution in [0.25, 0.3) is 0 Å². The number of carbonyl (C=O) groups is 1. The molecule has 0 spiro atoms. The molecule has 1 aromatic carbocycles.